The Kier molecular flexibility index (Phi) is 8.75. The molecule has 0 radical (unpaired) electrons. The number of aromatic hydroxyl groups is 1. The largest absolute Gasteiger partial charge is 0.508 e. The lowest BCUT2D eigenvalue weighted by molar-refractivity contribution is -0.149. The number of nitrogens with one attached hydrogen (secondary N) is 1. The highest BCUT2D eigenvalue weighted by Crippen LogP contribution is 2.20. The average Bonchev–Trinajstić information content (AvgIpc) is 3.43. The number of likely N-dealkylation sites (tertiary alicyclic amines) is 1. The van der Waals surface area contributed by atoms with Crippen LogP contribution in [0.5, 0.6) is 5.75 Å². The van der Waals surface area contributed by atoms with Crippen LogP contribution in [0.15, 0.2) is 84.9 Å². The minimum atomic E-state index is -0.969. The molecular formula is C29H30N2O6. The predicted molar refractivity (Wildman–Crippen MR) is 136 cm³/mol. The van der Waals surface area contributed by atoms with E-state index in [9.17, 15) is 19.5 Å². The molecule has 2 amide bonds. The van der Waals surface area contributed by atoms with Crippen LogP contribution >= 0.6 is 0 Å². The summed E-state index contributed by atoms with van der Waals surface area (Å²) in [4.78, 5) is 40.4. The topological polar surface area (TPSA) is 105 Å². The quantitative estimate of drug-likeness (QED) is 0.429. The molecule has 0 spiro atoms. The van der Waals surface area contributed by atoms with Crippen LogP contribution in [0.2, 0.25) is 0 Å². The summed E-state index contributed by atoms with van der Waals surface area (Å²) >= 11 is 0. The van der Waals surface area contributed by atoms with Crippen molar-refractivity contribution in [3.63, 3.8) is 0 Å². The first-order valence-electron chi connectivity index (χ1n) is 12.3. The number of esters is 1. The lowest BCUT2D eigenvalue weighted by atomic mass is 10.0. The highest BCUT2D eigenvalue weighted by Gasteiger charge is 2.37. The normalized spacial score (nSPS) is 15.6. The summed E-state index contributed by atoms with van der Waals surface area (Å²) < 4.78 is 10.9. The Morgan fingerprint density at radius 1 is 0.838 bits per heavy atom. The second-order valence-electron chi connectivity index (χ2n) is 8.92. The Labute approximate surface area is 215 Å². The number of hydrogen-bond acceptors (Lipinski definition) is 6. The van der Waals surface area contributed by atoms with Gasteiger partial charge in [-0.05, 0) is 41.7 Å². The Morgan fingerprint density at radius 2 is 1.43 bits per heavy atom. The lowest BCUT2D eigenvalue weighted by Gasteiger charge is -2.25. The van der Waals surface area contributed by atoms with Gasteiger partial charge in [0.2, 0.25) is 5.91 Å². The number of phenolic OH excluding ortho intramolecular Hbond substituents is 1. The standard InChI is InChI=1S/C29H30N2O6/c32-24-15-13-21(14-16-24)18-25(28(34)36-19-22-8-3-1-4-9-22)30-27(33)26-12-7-17-31(26)29(35)37-20-23-10-5-2-6-11-23/h1-6,8-11,13-16,25-26,32H,7,12,17-20H2,(H,30,33)/t25-,26?/m0/s1. The summed E-state index contributed by atoms with van der Waals surface area (Å²) in [6.07, 6.45) is 0.727. The van der Waals surface area contributed by atoms with Gasteiger partial charge in [-0.15, -0.1) is 0 Å². The first-order chi connectivity index (χ1) is 18.0. The molecule has 0 bridgehead atoms. The number of rotatable bonds is 9. The molecule has 1 saturated heterocycles. The van der Waals surface area contributed by atoms with E-state index < -0.39 is 30.1 Å². The Hall–Kier alpha value is -4.33. The zero-order valence-electron chi connectivity index (χ0n) is 20.4. The van der Waals surface area contributed by atoms with Crippen LogP contribution in [0.25, 0.3) is 0 Å². The second kappa shape index (κ2) is 12.6. The summed E-state index contributed by atoms with van der Waals surface area (Å²) in [5.74, 6) is -0.914. The van der Waals surface area contributed by atoms with Gasteiger partial charge in [-0.2, -0.15) is 0 Å². The first kappa shape index (κ1) is 25.8. The van der Waals surface area contributed by atoms with Crippen molar-refractivity contribution < 1.29 is 29.0 Å². The number of hydrogen-bond donors (Lipinski definition) is 2. The second-order valence-corrected chi connectivity index (χ2v) is 8.92. The fourth-order valence-corrected chi connectivity index (χ4v) is 4.22. The zero-order chi connectivity index (χ0) is 26.0. The minimum Gasteiger partial charge on any atom is -0.508 e. The minimum absolute atomic E-state index is 0.0724. The van der Waals surface area contributed by atoms with E-state index in [0.29, 0.717) is 19.4 Å². The van der Waals surface area contributed by atoms with Gasteiger partial charge in [0.15, 0.2) is 0 Å². The van der Waals surface area contributed by atoms with Gasteiger partial charge in [0.25, 0.3) is 0 Å². The summed E-state index contributed by atoms with van der Waals surface area (Å²) in [7, 11) is 0. The van der Waals surface area contributed by atoms with Gasteiger partial charge in [-0.3, -0.25) is 9.69 Å². The molecule has 0 aromatic heterocycles. The van der Waals surface area contributed by atoms with Crippen LogP contribution in [-0.2, 0) is 38.7 Å². The number of carbonyl (C=O) groups is 3. The number of benzene rings is 3. The lowest BCUT2D eigenvalue weighted by Crippen LogP contribution is -2.52. The van der Waals surface area contributed by atoms with E-state index >= 15 is 0 Å². The monoisotopic (exact) mass is 502 g/mol. The summed E-state index contributed by atoms with van der Waals surface area (Å²) in [5.41, 5.74) is 2.42. The maximum atomic E-state index is 13.3. The summed E-state index contributed by atoms with van der Waals surface area (Å²) in [6.45, 7) is 0.579. The maximum absolute atomic E-state index is 13.3. The molecule has 37 heavy (non-hydrogen) atoms. The van der Waals surface area contributed by atoms with Crippen molar-refractivity contribution in [3.8, 4) is 5.75 Å². The van der Waals surface area contributed by atoms with E-state index in [4.69, 9.17) is 9.47 Å². The van der Waals surface area contributed by atoms with Crippen LogP contribution in [0.1, 0.15) is 29.5 Å². The molecule has 3 aromatic carbocycles. The molecule has 4 rings (SSSR count). The fourth-order valence-electron chi connectivity index (χ4n) is 4.22. The number of carbonyl (C=O) groups excluding carboxylic acids is 3. The molecule has 2 atom stereocenters. The number of ether oxygens (including phenoxy) is 2. The Balaban J connectivity index is 1.41. The zero-order valence-corrected chi connectivity index (χ0v) is 20.4. The third-order valence-electron chi connectivity index (χ3n) is 6.20. The van der Waals surface area contributed by atoms with Crippen LogP contribution < -0.4 is 5.32 Å². The molecule has 192 valence electrons. The van der Waals surface area contributed by atoms with E-state index in [-0.39, 0.29) is 25.4 Å². The van der Waals surface area contributed by atoms with E-state index in [2.05, 4.69) is 5.32 Å². The fraction of sp³-hybridized carbons (Fsp3) is 0.276. The van der Waals surface area contributed by atoms with Gasteiger partial charge in [0.05, 0.1) is 0 Å². The molecule has 0 saturated carbocycles. The van der Waals surface area contributed by atoms with Gasteiger partial charge in [-0.1, -0.05) is 72.8 Å². The highest BCUT2D eigenvalue weighted by molar-refractivity contribution is 5.90. The summed E-state index contributed by atoms with van der Waals surface area (Å²) in [6, 6.07) is 23.3. The van der Waals surface area contributed by atoms with Crippen molar-refractivity contribution in [2.45, 2.75) is 44.6 Å². The Bertz CT molecular complexity index is 1180. The van der Waals surface area contributed by atoms with Crippen molar-refractivity contribution in [1.29, 1.82) is 0 Å². The predicted octanol–water partition coefficient (Wildman–Crippen LogP) is 3.96. The molecule has 1 aliphatic rings. The molecule has 1 aliphatic heterocycles. The van der Waals surface area contributed by atoms with Crippen LogP contribution in [0, 0.1) is 0 Å². The Morgan fingerprint density at radius 3 is 2.05 bits per heavy atom. The number of phenols is 1. The highest BCUT2D eigenvalue weighted by atomic mass is 16.6. The van der Waals surface area contributed by atoms with Gasteiger partial charge >= 0.3 is 12.1 Å². The molecule has 2 N–H and O–H groups in total. The van der Waals surface area contributed by atoms with Crippen molar-refractivity contribution in [2.75, 3.05) is 6.54 Å². The van der Waals surface area contributed by atoms with Crippen molar-refractivity contribution in [2.24, 2.45) is 0 Å². The van der Waals surface area contributed by atoms with E-state index in [1.807, 2.05) is 60.7 Å². The molecule has 1 heterocycles. The molecule has 8 nitrogen and oxygen atoms in total. The number of nitrogens with zero attached hydrogens (tertiary/aromatic N) is 1. The van der Waals surface area contributed by atoms with Crippen LogP contribution in [0.3, 0.4) is 0 Å². The van der Waals surface area contributed by atoms with Crippen LogP contribution in [0.4, 0.5) is 4.79 Å². The van der Waals surface area contributed by atoms with Crippen molar-refractivity contribution in [3.05, 3.63) is 102 Å². The average molecular weight is 503 g/mol. The number of amides is 2. The van der Waals surface area contributed by atoms with Crippen molar-refractivity contribution in [1.82, 2.24) is 10.2 Å². The molecule has 8 heteroatoms. The van der Waals surface area contributed by atoms with Crippen LogP contribution in [-0.4, -0.2) is 46.6 Å². The van der Waals surface area contributed by atoms with Gasteiger partial charge in [0.1, 0.15) is 31.0 Å². The molecular weight excluding hydrogens is 472 g/mol. The van der Waals surface area contributed by atoms with Gasteiger partial charge in [-0.25, -0.2) is 9.59 Å². The SMILES string of the molecule is O=C(N[C@@H](Cc1ccc(O)cc1)C(=O)OCc1ccccc1)C1CCCN1C(=O)OCc1ccccc1. The van der Waals surface area contributed by atoms with E-state index in [1.54, 1.807) is 12.1 Å². The smallest absolute Gasteiger partial charge is 0.410 e. The van der Waals surface area contributed by atoms with Gasteiger partial charge in [0, 0.05) is 13.0 Å². The summed E-state index contributed by atoms with van der Waals surface area (Å²) in [5, 5.41) is 12.4. The third-order valence-corrected chi connectivity index (χ3v) is 6.20. The third kappa shape index (κ3) is 7.33. The first-order valence-corrected chi connectivity index (χ1v) is 12.3. The van der Waals surface area contributed by atoms with E-state index in [1.165, 1.54) is 17.0 Å². The molecule has 1 unspecified atom stereocenters. The molecule has 0 aliphatic carbocycles. The molecule has 1 fully saturated rings. The van der Waals surface area contributed by atoms with E-state index in [0.717, 1.165) is 16.7 Å². The maximum Gasteiger partial charge on any atom is 0.410 e. The van der Waals surface area contributed by atoms with Gasteiger partial charge < -0.3 is 19.9 Å². The molecule has 3 aromatic rings. The van der Waals surface area contributed by atoms with Crippen molar-refractivity contribution >= 4 is 18.0 Å².